The number of carbonyl (C=O) groups excluding carboxylic acids is 1. The Bertz CT molecular complexity index is 498. The molecule has 1 heterocycles. The van der Waals surface area contributed by atoms with E-state index in [1.807, 2.05) is 0 Å². The second-order valence-electron chi connectivity index (χ2n) is 3.85. The average Bonchev–Trinajstić information content (AvgIpc) is 2.30. The summed E-state index contributed by atoms with van der Waals surface area (Å²) in [7, 11) is 0. The number of amides is 1. The molecule has 1 aromatic carbocycles. The highest BCUT2D eigenvalue weighted by Crippen LogP contribution is 2.34. The van der Waals surface area contributed by atoms with Gasteiger partial charge in [0, 0.05) is 16.5 Å². The van der Waals surface area contributed by atoms with Gasteiger partial charge in [0.1, 0.15) is 5.75 Å². The van der Waals surface area contributed by atoms with Crippen molar-refractivity contribution in [1.82, 2.24) is 5.32 Å². The SMILES string of the molecule is Cl.O=C1N[C@H](c2cc(Br)ccc2OC(F)(F)F)CCO1. The zero-order chi connectivity index (χ0) is 14.0. The van der Waals surface area contributed by atoms with Crippen molar-refractivity contribution in [2.75, 3.05) is 6.61 Å². The van der Waals surface area contributed by atoms with Gasteiger partial charge in [0.05, 0.1) is 12.6 Å². The molecule has 1 aromatic rings. The molecule has 0 aliphatic carbocycles. The summed E-state index contributed by atoms with van der Waals surface area (Å²) in [5.41, 5.74) is 0.253. The summed E-state index contributed by atoms with van der Waals surface area (Å²) in [6, 6.07) is 3.55. The minimum atomic E-state index is -4.78. The van der Waals surface area contributed by atoms with Gasteiger partial charge in [-0.25, -0.2) is 4.79 Å². The topological polar surface area (TPSA) is 47.6 Å². The summed E-state index contributed by atoms with van der Waals surface area (Å²) in [5, 5.41) is 2.46. The van der Waals surface area contributed by atoms with Crippen molar-refractivity contribution < 1.29 is 27.4 Å². The Morgan fingerprint density at radius 2 is 2.10 bits per heavy atom. The van der Waals surface area contributed by atoms with E-state index in [9.17, 15) is 18.0 Å². The number of alkyl halides is 3. The van der Waals surface area contributed by atoms with Crippen LogP contribution in [0, 0.1) is 0 Å². The molecule has 0 saturated carbocycles. The van der Waals surface area contributed by atoms with E-state index in [1.165, 1.54) is 18.2 Å². The summed E-state index contributed by atoms with van der Waals surface area (Å²) in [6.07, 6.45) is -5.07. The quantitative estimate of drug-likeness (QED) is 0.850. The van der Waals surface area contributed by atoms with Gasteiger partial charge in [-0.1, -0.05) is 15.9 Å². The Balaban J connectivity index is 0.00000200. The number of alkyl carbamates (subject to hydrolysis) is 1. The van der Waals surface area contributed by atoms with Crippen molar-refractivity contribution in [2.24, 2.45) is 0 Å². The van der Waals surface area contributed by atoms with E-state index in [2.05, 4.69) is 30.7 Å². The molecule has 0 radical (unpaired) electrons. The molecule has 0 spiro atoms. The zero-order valence-electron chi connectivity index (χ0n) is 9.87. The number of hydrogen-bond acceptors (Lipinski definition) is 3. The summed E-state index contributed by atoms with van der Waals surface area (Å²) >= 11 is 3.18. The maximum Gasteiger partial charge on any atom is 0.573 e. The second-order valence-corrected chi connectivity index (χ2v) is 4.77. The first-order valence-electron chi connectivity index (χ1n) is 5.33. The lowest BCUT2D eigenvalue weighted by Crippen LogP contribution is -2.35. The number of cyclic esters (lactones) is 1. The number of ether oxygens (including phenoxy) is 2. The second kappa shape index (κ2) is 6.53. The summed E-state index contributed by atoms with van der Waals surface area (Å²) in [6.45, 7) is 0.147. The van der Waals surface area contributed by atoms with Crippen LogP contribution in [0.25, 0.3) is 0 Å². The number of carbonyl (C=O) groups is 1. The largest absolute Gasteiger partial charge is 0.573 e. The predicted octanol–water partition coefficient (Wildman–Crippen LogP) is 3.94. The fourth-order valence-corrected chi connectivity index (χ4v) is 2.15. The van der Waals surface area contributed by atoms with Crippen LogP contribution in [-0.2, 0) is 4.74 Å². The van der Waals surface area contributed by atoms with Gasteiger partial charge in [-0.15, -0.1) is 25.6 Å². The normalized spacial score (nSPS) is 18.6. The highest BCUT2D eigenvalue weighted by molar-refractivity contribution is 9.10. The van der Waals surface area contributed by atoms with Crippen LogP contribution in [0.15, 0.2) is 22.7 Å². The van der Waals surface area contributed by atoms with E-state index in [4.69, 9.17) is 0 Å². The molecule has 1 atom stereocenters. The first-order chi connectivity index (χ1) is 8.85. The van der Waals surface area contributed by atoms with Gasteiger partial charge in [0.25, 0.3) is 0 Å². The Labute approximate surface area is 127 Å². The maximum absolute atomic E-state index is 12.3. The van der Waals surface area contributed by atoms with E-state index in [1.54, 1.807) is 0 Å². The Kier molecular flexibility index (Phi) is 5.52. The monoisotopic (exact) mass is 375 g/mol. The Hall–Kier alpha value is -1.15. The van der Waals surface area contributed by atoms with Gasteiger partial charge in [-0.3, -0.25) is 0 Å². The molecule has 0 aromatic heterocycles. The van der Waals surface area contributed by atoms with Crippen LogP contribution in [0.1, 0.15) is 18.0 Å². The number of rotatable bonds is 2. The number of hydrogen-bond donors (Lipinski definition) is 1. The Morgan fingerprint density at radius 3 is 2.70 bits per heavy atom. The van der Waals surface area contributed by atoms with Gasteiger partial charge in [-0.05, 0) is 18.2 Å². The smallest absolute Gasteiger partial charge is 0.449 e. The van der Waals surface area contributed by atoms with Crippen LogP contribution < -0.4 is 10.1 Å². The summed E-state index contributed by atoms with van der Waals surface area (Å²) in [4.78, 5) is 11.1. The van der Waals surface area contributed by atoms with E-state index in [0.29, 0.717) is 10.9 Å². The minimum Gasteiger partial charge on any atom is -0.449 e. The van der Waals surface area contributed by atoms with Crippen LogP contribution in [0.2, 0.25) is 0 Å². The van der Waals surface area contributed by atoms with Crippen molar-refractivity contribution in [3.05, 3.63) is 28.2 Å². The molecule has 20 heavy (non-hydrogen) atoms. The molecule has 112 valence electrons. The average molecular weight is 377 g/mol. The van der Waals surface area contributed by atoms with Crippen molar-refractivity contribution in [1.29, 1.82) is 0 Å². The highest BCUT2D eigenvalue weighted by Gasteiger charge is 2.34. The standard InChI is InChI=1S/C11H9BrF3NO3.ClH/c12-6-1-2-9(19-11(13,14)15)7(5-6)8-3-4-18-10(17)16-8;/h1-2,5,8H,3-4H2,(H,16,17);1H/t8-;/m0./s1. The summed E-state index contributed by atoms with van der Waals surface area (Å²) < 4.78 is 46.2. The molecule has 9 heteroatoms. The van der Waals surface area contributed by atoms with Crippen LogP contribution in [0.4, 0.5) is 18.0 Å². The maximum atomic E-state index is 12.3. The van der Waals surface area contributed by atoms with E-state index in [-0.39, 0.29) is 30.3 Å². The van der Waals surface area contributed by atoms with Crippen molar-refractivity contribution in [2.45, 2.75) is 18.8 Å². The lowest BCUT2D eigenvalue weighted by Gasteiger charge is -2.25. The molecule has 1 aliphatic heterocycles. The molecule has 1 N–H and O–H groups in total. The lowest BCUT2D eigenvalue weighted by atomic mass is 10.0. The minimum absolute atomic E-state index is 0. The van der Waals surface area contributed by atoms with Gasteiger partial charge < -0.3 is 14.8 Å². The molecule has 4 nitrogen and oxygen atoms in total. The van der Waals surface area contributed by atoms with Crippen LogP contribution in [0.3, 0.4) is 0 Å². The van der Waals surface area contributed by atoms with Gasteiger partial charge in [-0.2, -0.15) is 0 Å². The summed E-state index contributed by atoms with van der Waals surface area (Å²) in [5.74, 6) is -0.331. The third-order valence-electron chi connectivity index (χ3n) is 2.50. The first-order valence-corrected chi connectivity index (χ1v) is 6.13. The fourth-order valence-electron chi connectivity index (χ4n) is 1.77. The van der Waals surface area contributed by atoms with Crippen molar-refractivity contribution in [3.63, 3.8) is 0 Å². The van der Waals surface area contributed by atoms with Gasteiger partial charge in [0.15, 0.2) is 0 Å². The third kappa shape index (κ3) is 4.45. The number of halogens is 5. The molecule has 1 fully saturated rings. The fraction of sp³-hybridized carbons (Fsp3) is 0.364. The van der Waals surface area contributed by atoms with E-state index >= 15 is 0 Å². The van der Waals surface area contributed by atoms with Gasteiger partial charge >= 0.3 is 12.5 Å². The third-order valence-corrected chi connectivity index (χ3v) is 3.00. The van der Waals surface area contributed by atoms with E-state index < -0.39 is 18.5 Å². The van der Waals surface area contributed by atoms with Crippen LogP contribution in [0.5, 0.6) is 5.75 Å². The van der Waals surface area contributed by atoms with E-state index in [0.717, 1.165) is 0 Å². The molecule has 2 rings (SSSR count). The molecular formula is C11H10BrClF3NO3. The molecular weight excluding hydrogens is 366 g/mol. The highest BCUT2D eigenvalue weighted by atomic mass is 79.9. The van der Waals surface area contributed by atoms with Crippen molar-refractivity contribution in [3.8, 4) is 5.75 Å². The molecule has 1 amide bonds. The van der Waals surface area contributed by atoms with Crippen LogP contribution >= 0.6 is 28.3 Å². The van der Waals surface area contributed by atoms with Crippen molar-refractivity contribution >= 4 is 34.4 Å². The Morgan fingerprint density at radius 1 is 1.40 bits per heavy atom. The zero-order valence-corrected chi connectivity index (χ0v) is 12.3. The van der Waals surface area contributed by atoms with Crippen LogP contribution in [-0.4, -0.2) is 19.1 Å². The predicted molar refractivity (Wildman–Crippen MR) is 69.9 cm³/mol. The number of nitrogens with one attached hydrogen (secondary N) is 1. The molecule has 0 bridgehead atoms. The lowest BCUT2D eigenvalue weighted by molar-refractivity contribution is -0.275. The molecule has 1 aliphatic rings. The van der Waals surface area contributed by atoms with Gasteiger partial charge in [0.2, 0.25) is 0 Å². The molecule has 0 unspecified atom stereocenters. The molecule has 1 saturated heterocycles. The first kappa shape index (κ1) is 16.9. The number of benzene rings is 1.